The first-order valence-electron chi connectivity index (χ1n) is 12.9. The largest absolute Gasteiger partial charge is 0.493 e. The molecular weight excluding hydrogens is 536 g/mol. The molecule has 5 rings (SSSR count). The summed E-state index contributed by atoms with van der Waals surface area (Å²) in [5, 5.41) is 15.1. The Morgan fingerprint density at radius 2 is 1.56 bits per heavy atom. The minimum atomic E-state index is -0.678. The Balaban J connectivity index is 1.28. The van der Waals surface area contributed by atoms with Crippen molar-refractivity contribution < 1.29 is 28.7 Å². The maximum atomic E-state index is 12.5. The lowest BCUT2D eigenvalue weighted by atomic mass is 10.2. The highest BCUT2D eigenvalue weighted by molar-refractivity contribution is 5.92. The van der Waals surface area contributed by atoms with Crippen molar-refractivity contribution in [1.82, 2.24) is 15.0 Å². The number of nitrogens with one attached hydrogen (secondary N) is 1. The summed E-state index contributed by atoms with van der Waals surface area (Å²) in [5.41, 5.74) is 3.58. The van der Waals surface area contributed by atoms with Crippen LogP contribution >= 0.6 is 0 Å². The molecule has 2 fully saturated rings. The van der Waals surface area contributed by atoms with E-state index in [0.717, 1.165) is 0 Å². The van der Waals surface area contributed by atoms with Gasteiger partial charge >= 0.3 is 5.97 Å². The molecule has 0 saturated carbocycles. The van der Waals surface area contributed by atoms with Gasteiger partial charge in [-0.1, -0.05) is 0 Å². The normalized spacial score (nSPS) is 15.5. The van der Waals surface area contributed by atoms with Gasteiger partial charge in [0.05, 0.1) is 50.2 Å². The fourth-order valence-electron chi connectivity index (χ4n) is 4.10. The topological polar surface area (TPSA) is 167 Å². The number of benzene rings is 2. The predicted octanol–water partition coefficient (Wildman–Crippen LogP) is 2.13. The molecule has 214 valence electrons. The number of hydrogen-bond acceptors (Lipinski definition) is 14. The van der Waals surface area contributed by atoms with Gasteiger partial charge in [-0.2, -0.15) is 20.1 Å². The molecule has 1 N–H and O–H groups in total. The van der Waals surface area contributed by atoms with E-state index in [4.69, 9.17) is 18.9 Å². The monoisotopic (exact) mass is 564 g/mol. The molecule has 0 amide bonds. The minimum Gasteiger partial charge on any atom is -0.493 e. The summed E-state index contributed by atoms with van der Waals surface area (Å²) < 4.78 is 21.7. The number of morpholine rings is 2. The smallest absolute Gasteiger partial charge is 0.343 e. The molecule has 41 heavy (non-hydrogen) atoms. The standard InChI is InChI=1S/C26H28N8O7/c1-38-22-16-18(2-7-21(22)41-23(35)19-3-5-20(6-4-19)34(36)37)17-27-31-24-28-25(32-8-12-39-13-9-32)30-26(29-24)33-10-14-40-15-11-33/h2-7,16-17H,8-15H2,1H3,(H,28,29,30,31). The number of hydrogen-bond donors (Lipinski definition) is 1. The van der Waals surface area contributed by atoms with E-state index in [1.54, 1.807) is 24.4 Å². The van der Waals surface area contributed by atoms with Crippen molar-refractivity contribution in [3.63, 3.8) is 0 Å². The summed E-state index contributed by atoms with van der Waals surface area (Å²) in [6, 6.07) is 10.0. The summed E-state index contributed by atoms with van der Waals surface area (Å²) in [5.74, 6) is 1.19. The van der Waals surface area contributed by atoms with E-state index in [2.05, 4.69) is 25.5 Å². The van der Waals surface area contributed by atoms with Gasteiger partial charge in [0.25, 0.3) is 5.69 Å². The van der Waals surface area contributed by atoms with Crippen molar-refractivity contribution in [2.45, 2.75) is 0 Å². The van der Waals surface area contributed by atoms with Crippen molar-refractivity contribution in [3.05, 3.63) is 63.7 Å². The number of methoxy groups -OCH3 is 1. The third-order valence-electron chi connectivity index (χ3n) is 6.28. The Bertz CT molecular complexity index is 1370. The summed E-state index contributed by atoms with van der Waals surface area (Å²) in [7, 11) is 1.45. The van der Waals surface area contributed by atoms with Crippen LogP contribution in [0.3, 0.4) is 0 Å². The average Bonchev–Trinajstić information content (AvgIpc) is 3.02. The average molecular weight is 565 g/mol. The molecule has 0 aliphatic carbocycles. The van der Waals surface area contributed by atoms with Gasteiger partial charge in [0, 0.05) is 38.3 Å². The highest BCUT2D eigenvalue weighted by Crippen LogP contribution is 2.29. The molecule has 2 aromatic carbocycles. The quantitative estimate of drug-likeness (QED) is 0.132. The SMILES string of the molecule is COc1cc(C=NNc2nc(N3CCOCC3)nc(N3CCOCC3)n2)ccc1OC(=O)c1ccc([N+](=O)[O-])cc1. The molecule has 0 unspecified atom stereocenters. The van der Waals surface area contributed by atoms with Gasteiger partial charge in [-0.15, -0.1) is 0 Å². The molecule has 2 aliphatic heterocycles. The molecule has 1 aromatic heterocycles. The lowest BCUT2D eigenvalue weighted by Gasteiger charge is -2.30. The fraction of sp³-hybridized carbons (Fsp3) is 0.346. The molecule has 2 saturated heterocycles. The second kappa shape index (κ2) is 13.0. The molecule has 15 heteroatoms. The highest BCUT2D eigenvalue weighted by atomic mass is 16.6. The number of carbonyl (C=O) groups excluding carboxylic acids is 1. The Kier molecular flexibility index (Phi) is 8.76. The molecule has 0 radical (unpaired) electrons. The second-order valence-corrected chi connectivity index (χ2v) is 8.93. The van der Waals surface area contributed by atoms with Crippen LogP contribution in [-0.2, 0) is 9.47 Å². The van der Waals surface area contributed by atoms with Crippen LogP contribution in [0, 0.1) is 10.1 Å². The minimum absolute atomic E-state index is 0.122. The summed E-state index contributed by atoms with van der Waals surface area (Å²) in [4.78, 5) is 40.7. The first kappa shape index (κ1) is 27.7. The first-order chi connectivity index (χ1) is 20.0. The number of hydrazone groups is 1. The van der Waals surface area contributed by atoms with Crippen LogP contribution in [0.1, 0.15) is 15.9 Å². The zero-order valence-corrected chi connectivity index (χ0v) is 22.3. The van der Waals surface area contributed by atoms with Crippen molar-refractivity contribution in [2.24, 2.45) is 5.10 Å². The van der Waals surface area contributed by atoms with E-state index in [1.807, 2.05) is 9.80 Å². The van der Waals surface area contributed by atoms with Crippen LogP contribution < -0.4 is 24.7 Å². The summed E-state index contributed by atoms with van der Waals surface area (Å²) in [6.45, 7) is 5.10. The van der Waals surface area contributed by atoms with Gasteiger partial charge < -0.3 is 28.7 Å². The number of aromatic nitrogens is 3. The maximum absolute atomic E-state index is 12.5. The molecule has 3 aromatic rings. The number of anilines is 3. The van der Waals surface area contributed by atoms with Crippen LogP contribution in [0.15, 0.2) is 47.6 Å². The summed E-state index contributed by atoms with van der Waals surface area (Å²) in [6.07, 6.45) is 1.55. The third-order valence-corrected chi connectivity index (χ3v) is 6.28. The van der Waals surface area contributed by atoms with Crippen LogP contribution in [-0.4, -0.2) is 91.8 Å². The third kappa shape index (κ3) is 7.01. The Morgan fingerprint density at radius 3 is 2.12 bits per heavy atom. The first-order valence-corrected chi connectivity index (χ1v) is 12.9. The van der Waals surface area contributed by atoms with E-state index in [0.29, 0.717) is 81.8 Å². The van der Waals surface area contributed by atoms with Gasteiger partial charge in [0.2, 0.25) is 17.8 Å². The van der Waals surface area contributed by atoms with Crippen LogP contribution in [0.25, 0.3) is 0 Å². The highest BCUT2D eigenvalue weighted by Gasteiger charge is 2.21. The van der Waals surface area contributed by atoms with E-state index in [9.17, 15) is 14.9 Å². The second-order valence-electron chi connectivity index (χ2n) is 8.93. The Hall–Kier alpha value is -4.89. The van der Waals surface area contributed by atoms with Gasteiger partial charge in [0.1, 0.15) is 0 Å². The molecule has 0 bridgehead atoms. The Morgan fingerprint density at radius 1 is 0.951 bits per heavy atom. The summed E-state index contributed by atoms with van der Waals surface area (Å²) >= 11 is 0. The molecule has 0 spiro atoms. The zero-order chi connectivity index (χ0) is 28.6. The number of nitro benzene ring substituents is 1. The van der Waals surface area contributed by atoms with Gasteiger partial charge in [0.15, 0.2) is 11.5 Å². The van der Waals surface area contributed by atoms with Gasteiger partial charge in [-0.05, 0) is 35.9 Å². The number of rotatable bonds is 9. The van der Waals surface area contributed by atoms with Crippen LogP contribution in [0.2, 0.25) is 0 Å². The molecule has 3 heterocycles. The van der Waals surface area contributed by atoms with Gasteiger partial charge in [-0.25, -0.2) is 10.2 Å². The molecule has 2 aliphatic rings. The van der Waals surface area contributed by atoms with E-state index in [-0.39, 0.29) is 17.0 Å². The van der Waals surface area contributed by atoms with E-state index in [1.165, 1.54) is 31.4 Å². The molecular formula is C26H28N8O7. The molecule has 0 atom stereocenters. The van der Waals surface area contributed by atoms with Crippen LogP contribution in [0.5, 0.6) is 11.5 Å². The number of non-ortho nitro benzene ring substituents is 1. The maximum Gasteiger partial charge on any atom is 0.343 e. The van der Waals surface area contributed by atoms with Crippen LogP contribution in [0.4, 0.5) is 23.5 Å². The lowest BCUT2D eigenvalue weighted by molar-refractivity contribution is -0.384. The van der Waals surface area contributed by atoms with E-state index < -0.39 is 10.9 Å². The predicted molar refractivity (Wildman–Crippen MR) is 148 cm³/mol. The number of nitrogens with zero attached hydrogens (tertiary/aromatic N) is 7. The van der Waals surface area contributed by atoms with Crippen molar-refractivity contribution in [1.29, 1.82) is 0 Å². The van der Waals surface area contributed by atoms with Crippen molar-refractivity contribution >= 4 is 35.7 Å². The number of ether oxygens (including phenoxy) is 4. The van der Waals surface area contributed by atoms with Gasteiger partial charge in [-0.3, -0.25) is 10.1 Å². The molecule has 15 nitrogen and oxygen atoms in total. The van der Waals surface area contributed by atoms with Crippen molar-refractivity contribution in [3.8, 4) is 11.5 Å². The Labute approximate surface area is 234 Å². The van der Waals surface area contributed by atoms with Crippen molar-refractivity contribution in [2.75, 3.05) is 74.9 Å². The number of nitro groups is 1. The van der Waals surface area contributed by atoms with E-state index >= 15 is 0 Å². The number of carbonyl (C=O) groups is 1. The fourth-order valence-corrected chi connectivity index (χ4v) is 4.10. The lowest BCUT2D eigenvalue weighted by Crippen LogP contribution is -2.40. The zero-order valence-electron chi connectivity index (χ0n) is 22.3. The number of esters is 1.